The Morgan fingerprint density at radius 1 is 1.55 bits per heavy atom. The summed E-state index contributed by atoms with van der Waals surface area (Å²) in [5, 5.41) is 23.7. The molecule has 7 nitrogen and oxygen atoms in total. The van der Waals surface area contributed by atoms with Gasteiger partial charge in [-0.25, -0.2) is 9.78 Å². The monoisotopic (exact) mass is 293 g/mol. The summed E-state index contributed by atoms with van der Waals surface area (Å²) in [4.78, 5) is 26.1. The van der Waals surface area contributed by atoms with Crippen molar-refractivity contribution in [2.45, 2.75) is 13.5 Å². The zero-order valence-corrected chi connectivity index (χ0v) is 11.3. The van der Waals surface area contributed by atoms with Gasteiger partial charge in [0.15, 0.2) is 0 Å². The largest absolute Gasteiger partial charge is 0.477 e. The van der Waals surface area contributed by atoms with Crippen molar-refractivity contribution in [2.75, 3.05) is 5.32 Å². The first-order valence-electron chi connectivity index (χ1n) is 5.64. The lowest BCUT2D eigenvalue weighted by Gasteiger charge is -2.06. The molecule has 0 fully saturated rings. The van der Waals surface area contributed by atoms with Crippen LogP contribution in [0.25, 0.3) is 0 Å². The number of nitro groups is 1. The van der Waals surface area contributed by atoms with Crippen molar-refractivity contribution in [3.05, 3.63) is 50.0 Å². The van der Waals surface area contributed by atoms with Crippen LogP contribution >= 0.6 is 11.3 Å². The van der Waals surface area contributed by atoms with E-state index < -0.39 is 16.6 Å². The molecule has 0 radical (unpaired) electrons. The summed E-state index contributed by atoms with van der Waals surface area (Å²) >= 11 is 1.53. The van der Waals surface area contributed by atoms with E-state index >= 15 is 0 Å². The Labute approximate surface area is 118 Å². The molecule has 2 N–H and O–H groups in total. The van der Waals surface area contributed by atoms with E-state index in [4.69, 9.17) is 5.11 Å². The number of carboxylic acid groups (broad SMARTS) is 1. The van der Waals surface area contributed by atoms with E-state index in [-0.39, 0.29) is 5.56 Å². The fourth-order valence-corrected chi connectivity index (χ4v) is 2.39. The molecule has 0 saturated heterocycles. The Balaban J connectivity index is 2.18. The number of nitrogens with one attached hydrogen (secondary N) is 1. The summed E-state index contributed by atoms with van der Waals surface area (Å²) in [5.74, 6) is -1.33. The highest BCUT2D eigenvalue weighted by Crippen LogP contribution is 2.23. The number of nitro benzene ring substituents is 1. The van der Waals surface area contributed by atoms with Crippen molar-refractivity contribution in [3.63, 3.8) is 0 Å². The zero-order chi connectivity index (χ0) is 14.7. The summed E-state index contributed by atoms with van der Waals surface area (Å²) in [6, 6.07) is 3.93. The van der Waals surface area contributed by atoms with E-state index in [1.807, 2.05) is 6.92 Å². The third kappa shape index (κ3) is 3.09. The number of thiazole rings is 1. The second-order valence-electron chi connectivity index (χ2n) is 3.99. The van der Waals surface area contributed by atoms with Gasteiger partial charge in [-0.2, -0.15) is 0 Å². The summed E-state index contributed by atoms with van der Waals surface area (Å²) in [7, 11) is 0. The third-order valence-electron chi connectivity index (χ3n) is 2.56. The minimum absolute atomic E-state index is 0.333. The van der Waals surface area contributed by atoms with Gasteiger partial charge in [-0.3, -0.25) is 10.1 Å². The molecule has 104 valence electrons. The molecule has 20 heavy (non-hydrogen) atoms. The Hall–Kier alpha value is -2.48. The number of nitrogens with zero attached hydrogens (tertiary/aromatic N) is 2. The van der Waals surface area contributed by atoms with Gasteiger partial charge in [-0.05, 0) is 19.1 Å². The van der Waals surface area contributed by atoms with Crippen LogP contribution in [0, 0.1) is 17.0 Å². The molecule has 1 heterocycles. The lowest BCUT2D eigenvalue weighted by atomic mass is 10.1. The highest BCUT2D eigenvalue weighted by Gasteiger charge is 2.19. The summed E-state index contributed by atoms with van der Waals surface area (Å²) < 4.78 is 0. The van der Waals surface area contributed by atoms with E-state index in [1.54, 1.807) is 6.20 Å². The molecule has 0 atom stereocenters. The zero-order valence-electron chi connectivity index (χ0n) is 10.5. The third-order valence-corrected chi connectivity index (χ3v) is 3.47. The van der Waals surface area contributed by atoms with Crippen LogP contribution in [0.15, 0.2) is 24.4 Å². The number of carboxylic acids is 1. The van der Waals surface area contributed by atoms with Gasteiger partial charge < -0.3 is 10.4 Å². The van der Waals surface area contributed by atoms with Gasteiger partial charge in [0.25, 0.3) is 5.69 Å². The molecule has 0 spiro atoms. The van der Waals surface area contributed by atoms with E-state index in [2.05, 4.69) is 10.3 Å². The van der Waals surface area contributed by atoms with E-state index in [0.717, 1.165) is 9.88 Å². The highest BCUT2D eigenvalue weighted by atomic mass is 32.1. The van der Waals surface area contributed by atoms with Crippen molar-refractivity contribution >= 4 is 28.7 Å². The number of anilines is 1. The highest BCUT2D eigenvalue weighted by molar-refractivity contribution is 7.11. The minimum atomic E-state index is -1.33. The predicted molar refractivity (Wildman–Crippen MR) is 74.2 cm³/mol. The maximum absolute atomic E-state index is 11.0. The van der Waals surface area contributed by atoms with Crippen molar-refractivity contribution < 1.29 is 14.8 Å². The van der Waals surface area contributed by atoms with Crippen molar-refractivity contribution in [1.82, 2.24) is 4.98 Å². The molecule has 2 rings (SSSR count). The number of carbonyl (C=O) groups is 1. The van der Waals surface area contributed by atoms with Gasteiger partial charge in [0, 0.05) is 22.8 Å². The van der Waals surface area contributed by atoms with Crippen LogP contribution in [0.2, 0.25) is 0 Å². The molecule has 0 aliphatic heterocycles. The van der Waals surface area contributed by atoms with Crippen LogP contribution in [-0.4, -0.2) is 21.0 Å². The lowest BCUT2D eigenvalue weighted by molar-refractivity contribution is -0.385. The van der Waals surface area contributed by atoms with Crippen LogP contribution in [0.4, 0.5) is 11.4 Å². The Morgan fingerprint density at radius 3 is 2.85 bits per heavy atom. The second kappa shape index (κ2) is 5.66. The minimum Gasteiger partial charge on any atom is -0.477 e. The van der Waals surface area contributed by atoms with Crippen LogP contribution in [0.3, 0.4) is 0 Å². The molecule has 0 saturated carbocycles. The molecule has 0 unspecified atom stereocenters. The molecular weight excluding hydrogens is 282 g/mol. The molecule has 0 aliphatic carbocycles. The quantitative estimate of drug-likeness (QED) is 0.648. The van der Waals surface area contributed by atoms with Crippen molar-refractivity contribution in [3.8, 4) is 0 Å². The van der Waals surface area contributed by atoms with Crippen LogP contribution in [0.5, 0.6) is 0 Å². The van der Waals surface area contributed by atoms with Crippen molar-refractivity contribution in [1.29, 1.82) is 0 Å². The molecule has 0 amide bonds. The Bertz CT molecular complexity index is 668. The Morgan fingerprint density at radius 2 is 2.30 bits per heavy atom. The predicted octanol–water partition coefficient (Wildman–Crippen LogP) is 2.67. The number of hydrogen-bond donors (Lipinski definition) is 2. The molecule has 2 aromatic rings. The summed E-state index contributed by atoms with van der Waals surface area (Å²) in [6.45, 7) is 2.38. The first kappa shape index (κ1) is 13.9. The van der Waals surface area contributed by atoms with Gasteiger partial charge in [-0.1, -0.05) is 0 Å². The standard InChI is InChI=1S/C12H11N3O4S/c1-7-13-5-9(20-7)6-14-8-2-3-11(15(18)19)10(4-8)12(16)17/h2-5,14H,6H2,1H3,(H,16,17). The average molecular weight is 293 g/mol. The molecule has 0 bridgehead atoms. The first-order chi connectivity index (χ1) is 9.47. The maximum atomic E-state index is 11.0. The Kier molecular flexibility index (Phi) is 3.94. The lowest BCUT2D eigenvalue weighted by Crippen LogP contribution is -2.05. The molecule has 1 aromatic carbocycles. The SMILES string of the molecule is Cc1ncc(CNc2ccc([N+](=O)[O-])c(C(=O)O)c2)s1. The van der Waals surface area contributed by atoms with Gasteiger partial charge in [0.1, 0.15) is 5.56 Å². The van der Waals surface area contributed by atoms with Gasteiger partial charge in [-0.15, -0.1) is 11.3 Å². The smallest absolute Gasteiger partial charge is 0.342 e. The topological polar surface area (TPSA) is 105 Å². The average Bonchev–Trinajstić information content (AvgIpc) is 2.81. The normalized spacial score (nSPS) is 10.2. The van der Waals surface area contributed by atoms with Crippen LogP contribution in [-0.2, 0) is 6.54 Å². The second-order valence-corrected chi connectivity index (χ2v) is 5.31. The summed E-state index contributed by atoms with van der Waals surface area (Å²) in [5.41, 5.74) is -0.240. The number of benzene rings is 1. The first-order valence-corrected chi connectivity index (χ1v) is 6.46. The molecule has 8 heteroatoms. The van der Waals surface area contributed by atoms with Gasteiger partial charge in [0.05, 0.1) is 16.5 Å². The molecular formula is C12H11N3O4S. The van der Waals surface area contributed by atoms with Crippen LogP contribution in [0.1, 0.15) is 20.2 Å². The van der Waals surface area contributed by atoms with Crippen LogP contribution < -0.4 is 5.32 Å². The number of rotatable bonds is 5. The fourth-order valence-electron chi connectivity index (χ4n) is 1.65. The fraction of sp³-hybridized carbons (Fsp3) is 0.167. The van der Waals surface area contributed by atoms with Gasteiger partial charge >= 0.3 is 5.97 Å². The summed E-state index contributed by atoms with van der Waals surface area (Å²) in [6.07, 6.45) is 1.73. The van der Waals surface area contributed by atoms with E-state index in [0.29, 0.717) is 12.2 Å². The number of hydrogen-bond acceptors (Lipinski definition) is 6. The number of aromatic nitrogens is 1. The van der Waals surface area contributed by atoms with E-state index in [1.165, 1.54) is 29.5 Å². The molecule has 1 aromatic heterocycles. The van der Waals surface area contributed by atoms with Gasteiger partial charge in [0.2, 0.25) is 0 Å². The maximum Gasteiger partial charge on any atom is 0.342 e. The number of aryl methyl sites for hydroxylation is 1. The molecule has 0 aliphatic rings. The van der Waals surface area contributed by atoms with Crippen molar-refractivity contribution in [2.24, 2.45) is 0 Å². The number of aromatic carboxylic acids is 1. The van der Waals surface area contributed by atoms with E-state index in [9.17, 15) is 14.9 Å².